The molecular weight excluding hydrogens is 252 g/mol. The summed E-state index contributed by atoms with van der Waals surface area (Å²) < 4.78 is 5.04. The van der Waals surface area contributed by atoms with Crippen molar-refractivity contribution in [3.63, 3.8) is 0 Å². The van der Waals surface area contributed by atoms with Gasteiger partial charge in [-0.2, -0.15) is 0 Å². The van der Waals surface area contributed by atoms with Crippen LogP contribution in [0.3, 0.4) is 0 Å². The summed E-state index contributed by atoms with van der Waals surface area (Å²) in [6, 6.07) is 10.9. The van der Waals surface area contributed by atoms with Crippen molar-refractivity contribution in [1.29, 1.82) is 0 Å². The fraction of sp³-hybridized carbons (Fsp3) is 0.562. The zero-order valence-corrected chi connectivity index (χ0v) is 12.8. The summed E-state index contributed by atoms with van der Waals surface area (Å²) >= 11 is 0. The van der Waals surface area contributed by atoms with E-state index in [1.54, 1.807) is 7.11 Å². The lowest BCUT2D eigenvalue weighted by Gasteiger charge is -2.14. The van der Waals surface area contributed by atoms with Crippen LogP contribution in [0.5, 0.6) is 0 Å². The van der Waals surface area contributed by atoms with E-state index in [1.165, 1.54) is 5.56 Å². The molecule has 0 aromatic heterocycles. The molecule has 1 rings (SSSR count). The van der Waals surface area contributed by atoms with E-state index in [-0.39, 0.29) is 11.9 Å². The summed E-state index contributed by atoms with van der Waals surface area (Å²) in [7, 11) is 1.68. The maximum absolute atomic E-state index is 11.8. The Kier molecular flexibility index (Phi) is 7.92. The molecule has 4 nitrogen and oxygen atoms in total. The number of aryl methyl sites for hydroxylation is 1. The molecule has 1 amide bonds. The SMILES string of the molecule is COC[C@H](C)[NH2+]CC(=O)N[C@H](C)CCc1ccccc1. The summed E-state index contributed by atoms with van der Waals surface area (Å²) in [4.78, 5) is 11.8. The van der Waals surface area contributed by atoms with Gasteiger partial charge in [0.25, 0.3) is 5.91 Å². The molecule has 0 aliphatic heterocycles. The van der Waals surface area contributed by atoms with Gasteiger partial charge in [0.1, 0.15) is 6.04 Å². The van der Waals surface area contributed by atoms with Crippen molar-refractivity contribution >= 4 is 5.91 Å². The molecule has 4 heteroatoms. The highest BCUT2D eigenvalue weighted by molar-refractivity contribution is 5.76. The normalized spacial score (nSPS) is 13.8. The monoisotopic (exact) mass is 279 g/mol. The van der Waals surface area contributed by atoms with E-state index in [9.17, 15) is 4.79 Å². The number of carbonyl (C=O) groups is 1. The van der Waals surface area contributed by atoms with Gasteiger partial charge >= 0.3 is 0 Å². The van der Waals surface area contributed by atoms with Gasteiger partial charge in [0.15, 0.2) is 6.54 Å². The average molecular weight is 279 g/mol. The number of quaternary nitrogens is 1. The van der Waals surface area contributed by atoms with Gasteiger partial charge in [-0.25, -0.2) is 0 Å². The van der Waals surface area contributed by atoms with Crippen molar-refractivity contribution in [1.82, 2.24) is 5.32 Å². The Morgan fingerprint density at radius 1 is 1.30 bits per heavy atom. The van der Waals surface area contributed by atoms with Crippen molar-refractivity contribution in [2.75, 3.05) is 20.3 Å². The lowest BCUT2D eigenvalue weighted by molar-refractivity contribution is -0.677. The number of methoxy groups -OCH3 is 1. The minimum Gasteiger partial charge on any atom is -0.379 e. The van der Waals surface area contributed by atoms with Crippen molar-refractivity contribution in [2.45, 2.75) is 38.8 Å². The topological polar surface area (TPSA) is 54.9 Å². The second-order valence-corrected chi connectivity index (χ2v) is 5.37. The molecule has 20 heavy (non-hydrogen) atoms. The number of nitrogens with two attached hydrogens (primary N) is 1. The van der Waals surface area contributed by atoms with E-state index in [2.05, 4.69) is 31.3 Å². The smallest absolute Gasteiger partial charge is 0.275 e. The molecule has 1 aromatic carbocycles. The molecule has 1 aromatic rings. The lowest BCUT2D eigenvalue weighted by Crippen LogP contribution is -2.92. The highest BCUT2D eigenvalue weighted by Gasteiger charge is 2.11. The molecule has 0 aliphatic rings. The van der Waals surface area contributed by atoms with Gasteiger partial charge in [0.2, 0.25) is 0 Å². The van der Waals surface area contributed by atoms with Crippen LogP contribution in [0.2, 0.25) is 0 Å². The van der Waals surface area contributed by atoms with Gasteiger partial charge in [-0.05, 0) is 32.3 Å². The Balaban J connectivity index is 2.18. The first-order valence-corrected chi connectivity index (χ1v) is 7.27. The first-order chi connectivity index (χ1) is 9.61. The largest absolute Gasteiger partial charge is 0.379 e. The van der Waals surface area contributed by atoms with Gasteiger partial charge in [-0.3, -0.25) is 4.79 Å². The average Bonchev–Trinajstić information content (AvgIpc) is 2.44. The van der Waals surface area contributed by atoms with Crippen LogP contribution in [0.15, 0.2) is 30.3 Å². The number of amides is 1. The quantitative estimate of drug-likeness (QED) is 0.700. The minimum atomic E-state index is 0.0912. The van der Waals surface area contributed by atoms with Crippen molar-refractivity contribution < 1.29 is 14.8 Å². The van der Waals surface area contributed by atoms with Crippen LogP contribution in [0.4, 0.5) is 0 Å². The Labute approximate surface area is 121 Å². The van der Waals surface area contributed by atoms with Gasteiger partial charge in [-0.15, -0.1) is 0 Å². The van der Waals surface area contributed by atoms with Gasteiger partial charge in [0.05, 0.1) is 6.61 Å². The summed E-state index contributed by atoms with van der Waals surface area (Å²) in [5, 5.41) is 5.04. The summed E-state index contributed by atoms with van der Waals surface area (Å²) in [5.41, 5.74) is 1.31. The fourth-order valence-electron chi connectivity index (χ4n) is 2.07. The Hall–Kier alpha value is -1.39. The Morgan fingerprint density at radius 2 is 2.00 bits per heavy atom. The van der Waals surface area contributed by atoms with Gasteiger partial charge in [0, 0.05) is 13.2 Å². The van der Waals surface area contributed by atoms with Crippen LogP contribution in [0.1, 0.15) is 25.8 Å². The van der Waals surface area contributed by atoms with Gasteiger partial charge in [-0.1, -0.05) is 30.3 Å². The second kappa shape index (κ2) is 9.50. The van der Waals surface area contributed by atoms with Crippen LogP contribution in [-0.2, 0) is 16.0 Å². The van der Waals surface area contributed by atoms with Crippen LogP contribution in [-0.4, -0.2) is 38.3 Å². The first kappa shape index (κ1) is 16.7. The number of carbonyl (C=O) groups excluding carboxylic acids is 1. The highest BCUT2D eigenvalue weighted by atomic mass is 16.5. The lowest BCUT2D eigenvalue weighted by atomic mass is 10.1. The third-order valence-corrected chi connectivity index (χ3v) is 3.25. The zero-order chi connectivity index (χ0) is 14.8. The maximum atomic E-state index is 11.8. The zero-order valence-electron chi connectivity index (χ0n) is 12.8. The molecule has 0 unspecified atom stereocenters. The number of hydrogen-bond donors (Lipinski definition) is 2. The number of benzene rings is 1. The maximum Gasteiger partial charge on any atom is 0.275 e. The van der Waals surface area contributed by atoms with Gasteiger partial charge < -0.3 is 15.4 Å². The molecule has 0 spiro atoms. The standard InChI is InChI=1S/C16H26N2O2/c1-13(9-10-15-7-5-4-6-8-15)18-16(19)11-17-14(2)12-20-3/h4-8,13-14,17H,9-12H2,1-3H3,(H,18,19)/p+1/t13-,14+/m1/s1. The molecular formula is C16H27N2O2+. The second-order valence-electron chi connectivity index (χ2n) is 5.37. The van der Waals surface area contributed by atoms with E-state index in [4.69, 9.17) is 4.74 Å². The molecule has 0 aliphatic carbocycles. The molecule has 0 bridgehead atoms. The number of nitrogens with one attached hydrogen (secondary N) is 1. The number of rotatable bonds is 9. The van der Waals surface area contributed by atoms with E-state index < -0.39 is 0 Å². The Morgan fingerprint density at radius 3 is 2.65 bits per heavy atom. The van der Waals surface area contributed by atoms with E-state index >= 15 is 0 Å². The van der Waals surface area contributed by atoms with E-state index in [0.29, 0.717) is 19.2 Å². The van der Waals surface area contributed by atoms with Crippen LogP contribution >= 0.6 is 0 Å². The third-order valence-electron chi connectivity index (χ3n) is 3.25. The van der Waals surface area contributed by atoms with Crippen molar-refractivity contribution in [3.05, 3.63) is 35.9 Å². The molecule has 3 N–H and O–H groups in total. The predicted molar refractivity (Wildman–Crippen MR) is 80.5 cm³/mol. The highest BCUT2D eigenvalue weighted by Crippen LogP contribution is 2.04. The summed E-state index contributed by atoms with van der Waals surface area (Å²) in [6.07, 6.45) is 1.95. The third kappa shape index (κ3) is 7.26. The van der Waals surface area contributed by atoms with Crippen molar-refractivity contribution in [2.24, 2.45) is 0 Å². The molecule has 2 atom stereocenters. The molecule has 0 heterocycles. The first-order valence-electron chi connectivity index (χ1n) is 7.27. The minimum absolute atomic E-state index is 0.0912. The summed E-state index contributed by atoms with van der Waals surface area (Å²) in [6.45, 7) is 5.23. The van der Waals surface area contributed by atoms with Crippen LogP contribution in [0.25, 0.3) is 0 Å². The van der Waals surface area contributed by atoms with Crippen LogP contribution < -0.4 is 10.6 Å². The predicted octanol–water partition coefficient (Wildman–Crippen LogP) is 0.722. The Bertz CT molecular complexity index is 381. The molecule has 0 saturated heterocycles. The number of hydrogen-bond acceptors (Lipinski definition) is 2. The molecule has 0 fully saturated rings. The van der Waals surface area contributed by atoms with Crippen LogP contribution in [0, 0.1) is 0 Å². The molecule has 0 saturated carbocycles. The van der Waals surface area contributed by atoms with E-state index in [1.807, 2.05) is 23.5 Å². The molecule has 112 valence electrons. The summed E-state index contributed by atoms with van der Waals surface area (Å²) in [5.74, 6) is 0.0912. The number of ether oxygens (including phenoxy) is 1. The van der Waals surface area contributed by atoms with E-state index in [0.717, 1.165) is 12.8 Å². The fourth-order valence-corrected chi connectivity index (χ4v) is 2.07. The molecule has 0 radical (unpaired) electrons. The van der Waals surface area contributed by atoms with Crippen molar-refractivity contribution in [3.8, 4) is 0 Å².